The molecule has 18 heteroatoms. The summed E-state index contributed by atoms with van der Waals surface area (Å²) in [5, 5.41) is 14.7. The van der Waals surface area contributed by atoms with E-state index in [1.54, 1.807) is 4.90 Å². The summed E-state index contributed by atoms with van der Waals surface area (Å²) in [6.07, 6.45) is -9.88. The zero-order chi connectivity index (χ0) is 31.6. The maximum Gasteiger partial charge on any atom is 0.573 e. The molecule has 43 heavy (non-hydrogen) atoms. The topological polar surface area (TPSA) is 156 Å². The van der Waals surface area contributed by atoms with E-state index in [0.717, 1.165) is 12.1 Å². The monoisotopic (exact) mass is 620 g/mol. The van der Waals surface area contributed by atoms with Crippen LogP contribution in [0.3, 0.4) is 0 Å². The Morgan fingerprint density at radius 2 is 1.35 bits per heavy atom. The van der Waals surface area contributed by atoms with Crippen LogP contribution >= 0.6 is 0 Å². The number of nitrogens with one attached hydrogen (secondary N) is 3. The number of barbiturate groups is 1. The van der Waals surface area contributed by atoms with Crippen molar-refractivity contribution >= 4 is 23.8 Å². The van der Waals surface area contributed by atoms with Gasteiger partial charge in [0.1, 0.15) is 22.8 Å². The number of amides is 4. The van der Waals surface area contributed by atoms with Gasteiger partial charge in [-0.15, -0.1) is 13.2 Å². The van der Waals surface area contributed by atoms with E-state index in [4.69, 9.17) is 19.4 Å². The Balaban J connectivity index is 0.000000541. The average molecular weight is 620 g/mol. The van der Waals surface area contributed by atoms with Crippen LogP contribution in [0.1, 0.15) is 5.56 Å². The molecule has 0 aliphatic carbocycles. The average Bonchev–Trinajstić information content (AvgIpc) is 2.89. The third-order valence-corrected chi connectivity index (χ3v) is 6.49. The number of alkyl halides is 6. The number of benzene rings is 2. The van der Waals surface area contributed by atoms with E-state index in [0.29, 0.717) is 44.1 Å². The van der Waals surface area contributed by atoms with Gasteiger partial charge in [0.25, 0.3) is 11.8 Å². The van der Waals surface area contributed by atoms with Gasteiger partial charge >= 0.3 is 24.5 Å². The first-order valence-electron chi connectivity index (χ1n) is 12.2. The second kappa shape index (κ2) is 11.7. The predicted octanol–water partition coefficient (Wildman–Crippen LogP) is 2.25. The van der Waals surface area contributed by atoms with Crippen molar-refractivity contribution in [3.8, 4) is 17.2 Å². The summed E-state index contributed by atoms with van der Waals surface area (Å²) in [5.41, 5.74) is -2.02. The SMILES string of the molecule is O=C(O)C(F)(F)F.O=C1NC(=O)C(c2ccc(Oc3ccc(OC(F)(F)F)cc3)cc2)(N2CC3(CNCCO3)C2)C(=O)N1. The fourth-order valence-electron chi connectivity index (χ4n) is 4.66. The number of nitrogens with zero attached hydrogens (tertiary/aromatic N) is 1. The largest absolute Gasteiger partial charge is 0.573 e. The van der Waals surface area contributed by atoms with Gasteiger partial charge in [-0.25, -0.2) is 9.59 Å². The molecule has 0 bridgehead atoms. The summed E-state index contributed by atoms with van der Waals surface area (Å²) in [6.45, 7) is 2.37. The Morgan fingerprint density at radius 1 is 0.860 bits per heavy atom. The normalized spacial score (nSPS) is 19.7. The standard InChI is InChI=1S/C23H21F3N4O6.C2HF3O2/c24-23(25,26)36-17-7-5-16(6-8-17)35-15-3-1-14(2-4-15)22(18(31)28-20(33)29-19(22)32)30-12-21(13-30)11-27-9-10-34-21;3-2(4,5)1(6)7/h1-8,27H,9-13H2,(H2,28,29,31,32,33);(H,6,7). The molecule has 12 nitrogen and oxygen atoms in total. The molecule has 3 saturated heterocycles. The minimum Gasteiger partial charge on any atom is -0.475 e. The van der Waals surface area contributed by atoms with Gasteiger partial charge in [-0.3, -0.25) is 25.1 Å². The van der Waals surface area contributed by atoms with Gasteiger partial charge in [0.05, 0.1) is 6.61 Å². The van der Waals surface area contributed by atoms with Crippen LogP contribution in [0.15, 0.2) is 48.5 Å². The summed E-state index contributed by atoms with van der Waals surface area (Å²) in [4.78, 5) is 48.6. The van der Waals surface area contributed by atoms with Crippen molar-refractivity contribution in [1.82, 2.24) is 20.9 Å². The van der Waals surface area contributed by atoms with E-state index in [1.807, 2.05) is 0 Å². The van der Waals surface area contributed by atoms with E-state index in [-0.39, 0.29) is 11.5 Å². The minimum absolute atomic E-state index is 0.248. The molecule has 0 radical (unpaired) electrons. The molecule has 3 fully saturated rings. The number of halogens is 6. The Kier molecular flexibility index (Phi) is 8.57. The number of carbonyl (C=O) groups excluding carboxylic acids is 3. The van der Waals surface area contributed by atoms with Gasteiger partial charge in [0.15, 0.2) is 0 Å². The number of carboxylic acids is 1. The minimum atomic E-state index is -5.08. The lowest BCUT2D eigenvalue weighted by Gasteiger charge is -2.57. The second-order valence-corrected chi connectivity index (χ2v) is 9.46. The Labute approximate surface area is 237 Å². The van der Waals surface area contributed by atoms with Crippen LogP contribution in [0.2, 0.25) is 0 Å². The summed E-state index contributed by atoms with van der Waals surface area (Å²) in [6, 6.07) is 10.0. The molecule has 0 saturated carbocycles. The lowest BCUT2D eigenvalue weighted by atomic mass is 9.78. The van der Waals surface area contributed by atoms with Crippen LogP contribution < -0.4 is 25.4 Å². The van der Waals surface area contributed by atoms with Crippen LogP contribution in [0.25, 0.3) is 0 Å². The van der Waals surface area contributed by atoms with Crippen molar-refractivity contribution in [2.24, 2.45) is 0 Å². The van der Waals surface area contributed by atoms with Crippen molar-refractivity contribution in [3.63, 3.8) is 0 Å². The molecule has 2 aromatic carbocycles. The molecule has 1 spiro atoms. The number of carboxylic acid groups (broad SMARTS) is 1. The van der Waals surface area contributed by atoms with E-state index in [1.165, 1.54) is 36.4 Å². The van der Waals surface area contributed by atoms with E-state index in [2.05, 4.69) is 20.7 Å². The number of urea groups is 1. The fourth-order valence-corrected chi connectivity index (χ4v) is 4.66. The molecular weight excluding hydrogens is 598 g/mol. The number of likely N-dealkylation sites (tertiary alicyclic amines) is 1. The molecule has 5 rings (SSSR count). The van der Waals surface area contributed by atoms with Crippen LogP contribution in [0, 0.1) is 0 Å². The van der Waals surface area contributed by atoms with Crippen LogP contribution in [0.4, 0.5) is 31.1 Å². The summed E-state index contributed by atoms with van der Waals surface area (Å²) in [5.74, 6) is -4.14. The van der Waals surface area contributed by atoms with E-state index < -0.39 is 47.5 Å². The number of ether oxygens (including phenoxy) is 3. The molecule has 0 aromatic heterocycles. The number of carbonyl (C=O) groups is 4. The molecule has 0 atom stereocenters. The third-order valence-electron chi connectivity index (χ3n) is 6.49. The number of aliphatic carboxylic acids is 1. The van der Waals surface area contributed by atoms with Gasteiger partial charge in [0, 0.05) is 26.2 Å². The Bertz CT molecular complexity index is 1350. The van der Waals surface area contributed by atoms with Crippen molar-refractivity contribution in [2.75, 3.05) is 32.8 Å². The first kappa shape index (κ1) is 31.5. The Hall–Kier alpha value is -4.42. The van der Waals surface area contributed by atoms with Crippen molar-refractivity contribution in [2.45, 2.75) is 23.7 Å². The predicted molar refractivity (Wildman–Crippen MR) is 130 cm³/mol. The quantitative estimate of drug-likeness (QED) is 0.289. The highest BCUT2D eigenvalue weighted by molar-refractivity contribution is 6.22. The Morgan fingerprint density at radius 3 is 1.79 bits per heavy atom. The highest BCUT2D eigenvalue weighted by Crippen LogP contribution is 2.41. The van der Waals surface area contributed by atoms with Crippen molar-refractivity contribution in [1.29, 1.82) is 0 Å². The smallest absolute Gasteiger partial charge is 0.475 e. The van der Waals surface area contributed by atoms with Gasteiger partial charge in [-0.2, -0.15) is 13.2 Å². The number of rotatable bonds is 5. The number of morpholine rings is 1. The van der Waals surface area contributed by atoms with Gasteiger partial charge in [-0.05, 0) is 42.0 Å². The second-order valence-electron chi connectivity index (χ2n) is 9.46. The maximum atomic E-state index is 13.1. The molecule has 4 N–H and O–H groups in total. The highest BCUT2D eigenvalue weighted by Gasteiger charge is 2.63. The van der Waals surface area contributed by atoms with Crippen molar-refractivity contribution in [3.05, 3.63) is 54.1 Å². The third kappa shape index (κ3) is 6.98. The lowest BCUT2D eigenvalue weighted by Crippen LogP contribution is -2.80. The van der Waals surface area contributed by atoms with Gasteiger partial charge in [-0.1, -0.05) is 12.1 Å². The molecule has 4 amide bonds. The first-order chi connectivity index (χ1) is 20.0. The number of hydrogen-bond donors (Lipinski definition) is 4. The highest BCUT2D eigenvalue weighted by atomic mass is 19.4. The molecule has 3 aliphatic heterocycles. The fraction of sp³-hybridized carbons (Fsp3) is 0.360. The van der Waals surface area contributed by atoms with Crippen LogP contribution in [-0.2, 0) is 24.7 Å². The summed E-state index contributed by atoms with van der Waals surface area (Å²) < 4.78 is 84.1. The van der Waals surface area contributed by atoms with E-state index >= 15 is 0 Å². The zero-order valence-electron chi connectivity index (χ0n) is 21.7. The number of imide groups is 2. The molecule has 232 valence electrons. The summed E-state index contributed by atoms with van der Waals surface area (Å²) in [7, 11) is 0. The molecule has 0 unspecified atom stereocenters. The molecule has 2 aromatic rings. The zero-order valence-corrected chi connectivity index (χ0v) is 21.7. The number of hydrogen-bond acceptors (Lipinski definition) is 9. The molecular formula is C25H22F6N4O8. The maximum absolute atomic E-state index is 13.1. The summed E-state index contributed by atoms with van der Waals surface area (Å²) >= 11 is 0. The lowest BCUT2D eigenvalue weighted by molar-refractivity contribution is -0.274. The molecule has 3 aliphatic rings. The van der Waals surface area contributed by atoms with Crippen molar-refractivity contribution < 1.29 is 64.8 Å². The van der Waals surface area contributed by atoms with Crippen LogP contribution in [-0.4, -0.2) is 84.7 Å². The van der Waals surface area contributed by atoms with E-state index in [9.17, 15) is 40.7 Å². The first-order valence-corrected chi connectivity index (χ1v) is 12.2. The van der Waals surface area contributed by atoms with Gasteiger partial charge < -0.3 is 24.6 Å². The van der Waals surface area contributed by atoms with Gasteiger partial charge in [0.2, 0.25) is 5.54 Å². The molecule has 3 heterocycles. The van der Waals surface area contributed by atoms with Crippen LogP contribution in [0.5, 0.6) is 17.2 Å².